The third-order valence-corrected chi connectivity index (χ3v) is 1.68. The Morgan fingerprint density at radius 2 is 2.29 bits per heavy atom. The van der Waals surface area contributed by atoms with Crippen molar-refractivity contribution in [3.8, 4) is 0 Å². The molecule has 0 aromatic carbocycles. The van der Waals surface area contributed by atoms with Crippen LogP contribution in [0.2, 0.25) is 0 Å². The number of nitrogens with two attached hydrogens (primary N) is 1. The summed E-state index contributed by atoms with van der Waals surface area (Å²) in [6, 6.07) is 1.57. The van der Waals surface area contributed by atoms with Crippen LogP contribution in [0, 0.1) is 0 Å². The summed E-state index contributed by atoms with van der Waals surface area (Å²) in [5.74, 6) is -0.928. The van der Waals surface area contributed by atoms with Crippen LogP contribution >= 0.6 is 0 Å². The summed E-state index contributed by atoms with van der Waals surface area (Å²) < 4.78 is 4.80. The molecule has 3 N–H and O–H groups in total. The van der Waals surface area contributed by atoms with Crippen LogP contribution in [0.15, 0.2) is 12.3 Å². The van der Waals surface area contributed by atoms with Crippen molar-refractivity contribution in [2.24, 2.45) is 5.73 Å². The molecule has 0 aliphatic heterocycles. The average Bonchev–Trinajstić information content (AvgIpc) is 2.51. The first-order valence-electron chi connectivity index (χ1n) is 4.26. The summed E-state index contributed by atoms with van der Waals surface area (Å²) >= 11 is 0. The number of ether oxygens (including phenoxy) is 1. The molecular formula is C9H12N2O3. The molecule has 0 saturated heterocycles. The van der Waals surface area contributed by atoms with Crippen molar-refractivity contribution in [2.75, 3.05) is 6.61 Å². The Hall–Kier alpha value is -1.78. The van der Waals surface area contributed by atoms with Crippen LogP contribution in [0.1, 0.15) is 23.0 Å². The third kappa shape index (κ3) is 2.35. The third-order valence-electron chi connectivity index (χ3n) is 1.68. The number of primary amides is 1. The van der Waals surface area contributed by atoms with Gasteiger partial charge in [0.15, 0.2) is 0 Å². The van der Waals surface area contributed by atoms with Crippen molar-refractivity contribution in [2.45, 2.75) is 13.3 Å². The van der Waals surface area contributed by atoms with E-state index in [4.69, 9.17) is 10.5 Å². The zero-order valence-electron chi connectivity index (χ0n) is 7.87. The fraction of sp³-hybridized carbons (Fsp3) is 0.333. The van der Waals surface area contributed by atoms with Crippen LogP contribution in [0.25, 0.3) is 0 Å². The molecule has 1 aromatic heterocycles. The van der Waals surface area contributed by atoms with Crippen molar-refractivity contribution in [1.29, 1.82) is 0 Å². The van der Waals surface area contributed by atoms with E-state index in [-0.39, 0.29) is 6.42 Å². The van der Waals surface area contributed by atoms with Crippen LogP contribution < -0.4 is 5.73 Å². The minimum atomic E-state index is -0.488. The van der Waals surface area contributed by atoms with E-state index in [9.17, 15) is 9.59 Å². The van der Waals surface area contributed by atoms with E-state index >= 15 is 0 Å². The van der Waals surface area contributed by atoms with Gasteiger partial charge in [0, 0.05) is 11.9 Å². The monoisotopic (exact) mass is 196 g/mol. The Labute approximate surface area is 81.2 Å². The summed E-state index contributed by atoms with van der Waals surface area (Å²) in [4.78, 5) is 24.7. The number of carbonyl (C=O) groups is 2. The number of rotatable bonds is 4. The molecule has 76 valence electrons. The largest absolute Gasteiger partial charge is 0.462 e. The number of carbonyl (C=O) groups excluding carboxylic acids is 2. The van der Waals surface area contributed by atoms with E-state index in [1.54, 1.807) is 19.2 Å². The molecule has 0 aliphatic rings. The molecule has 5 heteroatoms. The number of H-pyrrole nitrogens is 1. The Kier molecular flexibility index (Phi) is 3.28. The Morgan fingerprint density at radius 1 is 1.57 bits per heavy atom. The first kappa shape index (κ1) is 10.3. The van der Waals surface area contributed by atoms with Gasteiger partial charge in [-0.05, 0) is 13.0 Å². The van der Waals surface area contributed by atoms with Crippen molar-refractivity contribution >= 4 is 11.9 Å². The zero-order valence-corrected chi connectivity index (χ0v) is 7.87. The van der Waals surface area contributed by atoms with Crippen molar-refractivity contribution in [1.82, 2.24) is 4.98 Å². The lowest BCUT2D eigenvalue weighted by Gasteiger charge is -2.01. The van der Waals surface area contributed by atoms with Crippen LogP contribution in [-0.2, 0) is 16.0 Å². The second-order valence-electron chi connectivity index (χ2n) is 2.73. The quantitative estimate of drug-likeness (QED) is 0.675. The van der Waals surface area contributed by atoms with Gasteiger partial charge in [0.1, 0.15) is 0 Å². The Bertz CT molecular complexity index is 344. The maximum atomic E-state index is 11.3. The molecule has 14 heavy (non-hydrogen) atoms. The number of amides is 1. The first-order chi connectivity index (χ1) is 6.65. The van der Waals surface area contributed by atoms with Crippen molar-refractivity contribution < 1.29 is 14.3 Å². The average molecular weight is 196 g/mol. The minimum Gasteiger partial charge on any atom is -0.462 e. The second-order valence-corrected chi connectivity index (χ2v) is 2.73. The first-order valence-corrected chi connectivity index (χ1v) is 4.26. The van der Waals surface area contributed by atoms with Gasteiger partial charge in [-0.25, -0.2) is 4.79 Å². The Balaban J connectivity index is 2.81. The van der Waals surface area contributed by atoms with E-state index < -0.39 is 11.9 Å². The maximum absolute atomic E-state index is 11.3. The molecule has 0 bridgehead atoms. The number of esters is 1. The fourth-order valence-electron chi connectivity index (χ4n) is 1.12. The molecule has 1 amide bonds. The molecular weight excluding hydrogens is 184 g/mol. The SMILES string of the molecule is CCOC(=O)c1cc[nH]c1CC(N)=O. The van der Waals surface area contributed by atoms with E-state index in [0.717, 1.165) is 0 Å². The van der Waals surface area contributed by atoms with Gasteiger partial charge >= 0.3 is 5.97 Å². The molecule has 5 nitrogen and oxygen atoms in total. The van der Waals surface area contributed by atoms with Crippen LogP contribution in [-0.4, -0.2) is 23.5 Å². The number of nitrogens with one attached hydrogen (secondary N) is 1. The fourth-order valence-corrected chi connectivity index (χ4v) is 1.12. The highest BCUT2D eigenvalue weighted by molar-refractivity contribution is 5.92. The molecule has 1 rings (SSSR count). The molecule has 0 fully saturated rings. The number of aromatic amines is 1. The van der Waals surface area contributed by atoms with Gasteiger partial charge in [0.2, 0.25) is 5.91 Å². The lowest BCUT2D eigenvalue weighted by molar-refractivity contribution is -0.117. The minimum absolute atomic E-state index is 0.0150. The van der Waals surface area contributed by atoms with Gasteiger partial charge in [-0.3, -0.25) is 4.79 Å². The molecule has 0 saturated carbocycles. The van der Waals surface area contributed by atoms with E-state index in [1.807, 2.05) is 0 Å². The lowest BCUT2D eigenvalue weighted by atomic mass is 10.2. The lowest BCUT2D eigenvalue weighted by Crippen LogP contribution is -2.16. The predicted molar refractivity (Wildman–Crippen MR) is 49.6 cm³/mol. The molecule has 0 spiro atoms. The van der Waals surface area contributed by atoms with Crippen molar-refractivity contribution in [3.63, 3.8) is 0 Å². The summed E-state index contributed by atoms with van der Waals surface area (Å²) in [6.45, 7) is 2.03. The second kappa shape index (κ2) is 4.45. The van der Waals surface area contributed by atoms with Crippen LogP contribution in [0.5, 0.6) is 0 Å². The summed E-state index contributed by atoms with van der Waals surface area (Å²) in [5, 5.41) is 0. The van der Waals surface area contributed by atoms with Gasteiger partial charge in [0.25, 0.3) is 0 Å². The molecule has 0 atom stereocenters. The highest BCUT2D eigenvalue weighted by atomic mass is 16.5. The summed E-state index contributed by atoms with van der Waals surface area (Å²) in [6.07, 6.45) is 1.59. The molecule has 0 aliphatic carbocycles. The topological polar surface area (TPSA) is 85.2 Å². The number of hydrogen-bond donors (Lipinski definition) is 2. The van der Waals surface area contributed by atoms with Gasteiger partial charge < -0.3 is 15.5 Å². The standard InChI is InChI=1S/C9H12N2O3/c1-2-14-9(13)6-3-4-11-7(6)5-8(10)12/h3-4,11H,2,5H2,1H3,(H2,10,12). The maximum Gasteiger partial charge on any atom is 0.339 e. The van der Waals surface area contributed by atoms with Gasteiger partial charge in [0.05, 0.1) is 18.6 Å². The normalized spacial score (nSPS) is 9.79. The molecule has 0 radical (unpaired) electrons. The highest BCUT2D eigenvalue weighted by Crippen LogP contribution is 2.08. The number of aromatic nitrogens is 1. The van der Waals surface area contributed by atoms with Crippen molar-refractivity contribution in [3.05, 3.63) is 23.5 Å². The van der Waals surface area contributed by atoms with E-state index in [2.05, 4.69) is 4.98 Å². The highest BCUT2D eigenvalue weighted by Gasteiger charge is 2.14. The van der Waals surface area contributed by atoms with E-state index in [0.29, 0.717) is 17.9 Å². The van der Waals surface area contributed by atoms with E-state index in [1.165, 1.54) is 0 Å². The zero-order chi connectivity index (χ0) is 10.6. The Morgan fingerprint density at radius 3 is 2.86 bits per heavy atom. The summed E-state index contributed by atoms with van der Waals surface area (Å²) in [5.41, 5.74) is 5.88. The van der Waals surface area contributed by atoms with Gasteiger partial charge in [-0.1, -0.05) is 0 Å². The molecule has 0 unspecified atom stereocenters. The van der Waals surface area contributed by atoms with Gasteiger partial charge in [-0.2, -0.15) is 0 Å². The predicted octanol–water partition coefficient (Wildman–Crippen LogP) is 0.219. The summed E-state index contributed by atoms with van der Waals surface area (Å²) in [7, 11) is 0. The smallest absolute Gasteiger partial charge is 0.339 e. The van der Waals surface area contributed by atoms with Gasteiger partial charge in [-0.15, -0.1) is 0 Å². The van der Waals surface area contributed by atoms with Crippen LogP contribution in [0.3, 0.4) is 0 Å². The molecule has 1 aromatic rings. The number of hydrogen-bond acceptors (Lipinski definition) is 3. The van der Waals surface area contributed by atoms with Crippen LogP contribution in [0.4, 0.5) is 0 Å². The molecule has 1 heterocycles.